The summed E-state index contributed by atoms with van der Waals surface area (Å²) in [6.45, 7) is 8.19. The minimum atomic E-state index is -0.204. The molecule has 2 aromatic rings. The molecule has 1 fully saturated rings. The Morgan fingerprint density at radius 2 is 1.61 bits per heavy atom. The van der Waals surface area contributed by atoms with Crippen molar-refractivity contribution in [2.45, 2.75) is 52.1 Å². The van der Waals surface area contributed by atoms with Crippen LogP contribution in [0.15, 0.2) is 42.5 Å². The maximum atomic E-state index is 13.4. The molecule has 0 saturated carbocycles. The molecule has 0 bridgehead atoms. The zero-order valence-corrected chi connectivity index (χ0v) is 19.8. The van der Waals surface area contributed by atoms with Crippen molar-refractivity contribution in [2.24, 2.45) is 0 Å². The van der Waals surface area contributed by atoms with E-state index >= 15 is 0 Å². The Morgan fingerprint density at radius 3 is 2.33 bits per heavy atom. The number of benzene rings is 2. The maximum absolute atomic E-state index is 13.4. The molecule has 5 nitrogen and oxygen atoms in total. The van der Waals surface area contributed by atoms with E-state index < -0.39 is 0 Å². The van der Waals surface area contributed by atoms with Crippen LogP contribution in [-0.4, -0.2) is 50.2 Å². The summed E-state index contributed by atoms with van der Waals surface area (Å²) in [6, 6.07) is 13.4. The van der Waals surface area contributed by atoms with Crippen molar-refractivity contribution in [2.75, 3.05) is 49.2 Å². The van der Waals surface area contributed by atoms with Crippen LogP contribution >= 0.6 is 0 Å². The zero-order chi connectivity index (χ0) is 23.0. The second kappa shape index (κ2) is 11.6. The monoisotopic (exact) mass is 453 g/mol. The van der Waals surface area contributed by atoms with Crippen molar-refractivity contribution in [3.63, 3.8) is 0 Å². The van der Waals surface area contributed by atoms with Gasteiger partial charge in [0.1, 0.15) is 5.82 Å². The van der Waals surface area contributed by atoms with Gasteiger partial charge < -0.3 is 14.5 Å². The van der Waals surface area contributed by atoms with Gasteiger partial charge in [0.15, 0.2) is 0 Å². The smallest absolute Gasteiger partial charge is 0.223 e. The molecule has 0 radical (unpaired) electrons. The number of hydrogen-bond donors (Lipinski definition) is 0. The van der Waals surface area contributed by atoms with Gasteiger partial charge in [0.2, 0.25) is 5.91 Å². The van der Waals surface area contributed by atoms with Crippen molar-refractivity contribution in [1.82, 2.24) is 4.90 Å². The molecule has 0 spiro atoms. The zero-order valence-electron chi connectivity index (χ0n) is 19.8. The summed E-state index contributed by atoms with van der Waals surface area (Å²) < 4.78 is 19.0. The summed E-state index contributed by atoms with van der Waals surface area (Å²) >= 11 is 0. The highest BCUT2D eigenvalue weighted by Crippen LogP contribution is 2.30. The molecular weight excluding hydrogens is 417 g/mol. The minimum absolute atomic E-state index is 0.0949. The van der Waals surface area contributed by atoms with Gasteiger partial charge in [0.25, 0.3) is 0 Å². The fourth-order valence-electron chi connectivity index (χ4n) is 4.87. The molecule has 6 heteroatoms. The Morgan fingerprint density at radius 1 is 0.909 bits per heavy atom. The Bertz CT molecular complexity index is 912. The molecule has 1 amide bonds. The molecule has 0 unspecified atom stereocenters. The fourth-order valence-corrected chi connectivity index (χ4v) is 4.87. The second-order valence-electron chi connectivity index (χ2n) is 9.19. The molecule has 2 aliphatic heterocycles. The molecule has 1 saturated heterocycles. The molecule has 2 heterocycles. The molecule has 2 aliphatic rings. The highest BCUT2D eigenvalue weighted by atomic mass is 19.1. The standard InChI is InChI=1S/C27H36FN3O2/c1-22(32)31-14-6-4-2-3-5-13-29(20-23-7-9-25(28)10-8-23)21-24-19-26(11-12-27(24)31)30-15-17-33-18-16-30/h7-12,19H,2-6,13-18,20-21H2,1H3. The van der Waals surface area contributed by atoms with Crippen LogP contribution in [0, 0.1) is 5.82 Å². The van der Waals surface area contributed by atoms with E-state index in [1.54, 1.807) is 6.92 Å². The predicted octanol–water partition coefficient (Wildman–Crippen LogP) is 4.98. The lowest BCUT2D eigenvalue weighted by Gasteiger charge is -2.32. The first-order valence-electron chi connectivity index (χ1n) is 12.3. The predicted molar refractivity (Wildman–Crippen MR) is 131 cm³/mol. The molecule has 2 aromatic carbocycles. The summed E-state index contributed by atoms with van der Waals surface area (Å²) in [6.07, 6.45) is 5.71. The number of fused-ring (bicyclic) bond motifs is 1. The molecule has 0 aliphatic carbocycles. The summed E-state index contributed by atoms with van der Waals surface area (Å²) in [4.78, 5) is 19.4. The van der Waals surface area contributed by atoms with Crippen LogP contribution in [0.1, 0.15) is 50.2 Å². The van der Waals surface area contributed by atoms with Crippen molar-refractivity contribution < 1.29 is 13.9 Å². The highest BCUT2D eigenvalue weighted by molar-refractivity contribution is 5.92. The first-order valence-corrected chi connectivity index (χ1v) is 12.3. The van der Waals surface area contributed by atoms with Gasteiger partial charge in [-0.2, -0.15) is 0 Å². The Kier molecular flexibility index (Phi) is 8.35. The third-order valence-electron chi connectivity index (χ3n) is 6.68. The topological polar surface area (TPSA) is 36.0 Å². The maximum Gasteiger partial charge on any atom is 0.223 e. The van der Waals surface area contributed by atoms with E-state index in [9.17, 15) is 9.18 Å². The van der Waals surface area contributed by atoms with E-state index in [0.717, 1.165) is 83.0 Å². The lowest BCUT2D eigenvalue weighted by Crippen LogP contribution is -2.36. The van der Waals surface area contributed by atoms with Crippen LogP contribution in [0.2, 0.25) is 0 Å². The average molecular weight is 454 g/mol. The van der Waals surface area contributed by atoms with Gasteiger partial charge in [-0.05, 0) is 60.8 Å². The van der Waals surface area contributed by atoms with Crippen LogP contribution < -0.4 is 9.80 Å². The van der Waals surface area contributed by atoms with Gasteiger partial charge in [-0.25, -0.2) is 4.39 Å². The largest absolute Gasteiger partial charge is 0.378 e. The lowest BCUT2D eigenvalue weighted by atomic mass is 10.0. The number of nitrogens with zero attached hydrogens (tertiary/aromatic N) is 3. The summed E-state index contributed by atoms with van der Waals surface area (Å²) in [5.41, 5.74) is 4.49. The van der Waals surface area contributed by atoms with Crippen molar-refractivity contribution in [3.8, 4) is 0 Å². The first-order chi connectivity index (χ1) is 16.1. The van der Waals surface area contributed by atoms with E-state index in [0.29, 0.717) is 0 Å². The quantitative estimate of drug-likeness (QED) is 0.657. The third kappa shape index (κ3) is 6.55. The van der Waals surface area contributed by atoms with Gasteiger partial charge in [-0.3, -0.25) is 9.69 Å². The van der Waals surface area contributed by atoms with Gasteiger partial charge in [0.05, 0.1) is 13.2 Å². The number of ether oxygens (including phenoxy) is 1. The minimum Gasteiger partial charge on any atom is -0.378 e. The highest BCUT2D eigenvalue weighted by Gasteiger charge is 2.20. The van der Waals surface area contributed by atoms with Crippen molar-refractivity contribution in [1.29, 1.82) is 0 Å². The molecular formula is C27H36FN3O2. The summed E-state index contributed by atoms with van der Waals surface area (Å²) in [7, 11) is 0. The number of rotatable bonds is 3. The van der Waals surface area contributed by atoms with E-state index in [4.69, 9.17) is 4.74 Å². The lowest BCUT2D eigenvalue weighted by molar-refractivity contribution is -0.116. The Labute approximate surface area is 197 Å². The molecule has 0 N–H and O–H groups in total. The molecule has 0 atom stereocenters. The van der Waals surface area contributed by atoms with Gasteiger partial charge in [-0.15, -0.1) is 0 Å². The first kappa shape index (κ1) is 23.7. The van der Waals surface area contributed by atoms with Crippen LogP contribution in [0.25, 0.3) is 0 Å². The Balaban J connectivity index is 1.66. The van der Waals surface area contributed by atoms with E-state index in [-0.39, 0.29) is 11.7 Å². The van der Waals surface area contributed by atoms with Crippen LogP contribution in [0.5, 0.6) is 0 Å². The van der Waals surface area contributed by atoms with E-state index in [2.05, 4.69) is 28.0 Å². The number of morpholine rings is 1. The van der Waals surface area contributed by atoms with Crippen molar-refractivity contribution in [3.05, 3.63) is 59.4 Å². The molecule has 0 aromatic heterocycles. The molecule has 178 valence electrons. The summed E-state index contributed by atoms with van der Waals surface area (Å²) in [5.74, 6) is -0.109. The number of hydrogen-bond acceptors (Lipinski definition) is 4. The molecule has 4 rings (SSSR count). The normalized spacial score (nSPS) is 18.8. The number of carbonyl (C=O) groups excluding carboxylic acids is 1. The SMILES string of the molecule is CC(=O)N1CCCCCCCN(Cc2ccc(F)cc2)Cc2cc(N3CCOCC3)ccc21. The van der Waals surface area contributed by atoms with Gasteiger partial charge in [-0.1, -0.05) is 31.4 Å². The van der Waals surface area contributed by atoms with Crippen LogP contribution in [-0.2, 0) is 22.6 Å². The number of halogens is 1. The van der Waals surface area contributed by atoms with Crippen LogP contribution in [0.4, 0.5) is 15.8 Å². The summed E-state index contributed by atoms with van der Waals surface area (Å²) in [5, 5.41) is 0. The average Bonchev–Trinajstić information content (AvgIpc) is 2.82. The number of amides is 1. The second-order valence-corrected chi connectivity index (χ2v) is 9.19. The fraction of sp³-hybridized carbons (Fsp3) is 0.519. The van der Waals surface area contributed by atoms with Crippen LogP contribution in [0.3, 0.4) is 0 Å². The van der Waals surface area contributed by atoms with Gasteiger partial charge >= 0.3 is 0 Å². The third-order valence-corrected chi connectivity index (χ3v) is 6.68. The van der Waals surface area contributed by atoms with Crippen molar-refractivity contribution >= 4 is 17.3 Å². The van der Waals surface area contributed by atoms with E-state index in [1.165, 1.54) is 36.2 Å². The molecule has 33 heavy (non-hydrogen) atoms. The van der Waals surface area contributed by atoms with Gasteiger partial charge in [0, 0.05) is 51.0 Å². The number of anilines is 2. The Hall–Kier alpha value is -2.44. The number of carbonyl (C=O) groups is 1. The van der Waals surface area contributed by atoms with E-state index in [1.807, 2.05) is 17.0 Å².